The molecule has 2 heterocycles. The summed E-state index contributed by atoms with van der Waals surface area (Å²) in [5, 5.41) is 14.3. The number of rotatable bonds is 3. The zero-order valence-electron chi connectivity index (χ0n) is 15.6. The Kier molecular flexibility index (Phi) is 4.04. The van der Waals surface area contributed by atoms with Gasteiger partial charge in [0.05, 0.1) is 30.5 Å². The molecule has 0 spiro atoms. The molecule has 138 valence electrons. The van der Waals surface area contributed by atoms with Gasteiger partial charge in [0.25, 0.3) is 0 Å². The number of ether oxygens (including phenoxy) is 1. The number of aliphatic hydroxyl groups excluding tert-OH is 1. The van der Waals surface area contributed by atoms with Gasteiger partial charge in [-0.15, -0.1) is 0 Å². The van der Waals surface area contributed by atoms with Crippen molar-refractivity contribution in [3.63, 3.8) is 0 Å². The average molecular weight is 354 g/mol. The molecular formula is C21H26N2O3. The highest BCUT2D eigenvalue weighted by Gasteiger charge is 2.68. The van der Waals surface area contributed by atoms with Crippen LogP contribution in [0, 0.1) is 11.3 Å². The lowest BCUT2D eigenvalue weighted by Crippen LogP contribution is -2.70. The van der Waals surface area contributed by atoms with Crippen molar-refractivity contribution in [1.29, 1.82) is 0 Å². The van der Waals surface area contributed by atoms with Crippen LogP contribution in [-0.2, 0) is 14.9 Å². The highest BCUT2D eigenvalue weighted by molar-refractivity contribution is 6.17. The molecule has 0 aromatic heterocycles. The highest BCUT2D eigenvalue weighted by Crippen LogP contribution is 2.60. The van der Waals surface area contributed by atoms with Gasteiger partial charge in [0.1, 0.15) is 5.41 Å². The Morgan fingerprint density at radius 2 is 2.23 bits per heavy atom. The first-order valence-electron chi connectivity index (χ1n) is 9.39. The number of esters is 1. The van der Waals surface area contributed by atoms with E-state index < -0.39 is 10.8 Å². The Bertz CT molecular complexity index is 815. The van der Waals surface area contributed by atoms with Crippen LogP contribution >= 0.6 is 0 Å². The van der Waals surface area contributed by atoms with E-state index in [1.54, 1.807) is 0 Å². The maximum atomic E-state index is 13.1. The summed E-state index contributed by atoms with van der Waals surface area (Å²) in [6, 6.07) is 8.19. The smallest absolute Gasteiger partial charge is 0.320 e. The number of allylic oxidation sites excluding steroid dienone is 1. The molecule has 1 aromatic carbocycles. The summed E-state index contributed by atoms with van der Waals surface area (Å²) >= 11 is 0. The van der Waals surface area contributed by atoms with Crippen molar-refractivity contribution in [2.75, 3.05) is 20.3 Å². The number of aliphatic hydroxyl groups is 1. The predicted octanol–water partition coefficient (Wildman–Crippen LogP) is 2.51. The summed E-state index contributed by atoms with van der Waals surface area (Å²) in [6.07, 6.45) is 3.69. The third-order valence-corrected chi connectivity index (χ3v) is 6.76. The van der Waals surface area contributed by atoms with E-state index in [9.17, 15) is 9.90 Å². The molecule has 5 nitrogen and oxygen atoms in total. The van der Waals surface area contributed by atoms with Crippen LogP contribution in [0.5, 0.6) is 0 Å². The number of carbonyl (C=O) groups excluding carboxylic acids is 1. The fraction of sp³-hybridized carbons (Fsp3) is 0.524. The second kappa shape index (κ2) is 6.03. The van der Waals surface area contributed by atoms with E-state index in [0.717, 1.165) is 36.3 Å². The number of piperidine rings is 1. The third kappa shape index (κ3) is 1.82. The minimum absolute atomic E-state index is 0.0861. The first-order chi connectivity index (χ1) is 12.6. The van der Waals surface area contributed by atoms with Crippen molar-refractivity contribution in [2.45, 2.75) is 38.1 Å². The van der Waals surface area contributed by atoms with E-state index in [-0.39, 0.29) is 24.5 Å². The number of nitrogens with one attached hydrogen (secondary N) is 1. The Morgan fingerprint density at radius 1 is 1.46 bits per heavy atom. The maximum Gasteiger partial charge on any atom is 0.320 e. The molecule has 1 aliphatic carbocycles. The predicted molar refractivity (Wildman–Crippen MR) is 101 cm³/mol. The zero-order chi connectivity index (χ0) is 18.5. The van der Waals surface area contributed by atoms with Crippen LogP contribution in [0.15, 0.2) is 40.9 Å². The standard InChI is InChI=1S/C21H26N2O3/c1-4-13-14-10-11-22-17(13)20(5-2)15-8-6-7-9-16(15)23-18(20)21(14,12-24)19(25)26-3/h4,6-9,14,17,22,24H,5,10-12H2,1-3H3/b13-4-/t14-,17+,20+,21+/m1/s1. The van der Waals surface area contributed by atoms with Crippen molar-refractivity contribution < 1.29 is 14.6 Å². The Balaban J connectivity index is 2.08. The molecule has 4 rings (SSSR count). The van der Waals surface area contributed by atoms with Crippen LogP contribution in [-0.4, -0.2) is 43.1 Å². The number of fused-ring (bicyclic) bond motifs is 6. The number of aliphatic imine (C=N–C) groups is 1. The molecule has 26 heavy (non-hydrogen) atoms. The molecule has 0 unspecified atom stereocenters. The highest BCUT2D eigenvalue weighted by atomic mass is 16.5. The summed E-state index contributed by atoms with van der Waals surface area (Å²) in [5.41, 5.74) is 2.44. The van der Waals surface area contributed by atoms with Gasteiger partial charge in [-0.3, -0.25) is 9.79 Å². The quantitative estimate of drug-likeness (QED) is 0.646. The number of methoxy groups -OCH3 is 1. The van der Waals surface area contributed by atoms with E-state index in [1.807, 2.05) is 25.1 Å². The lowest BCUT2D eigenvalue weighted by atomic mass is 9.48. The minimum atomic E-state index is -1.12. The molecule has 1 aromatic rings. The van der Waals surface area contributed by atoms with Crippen LogP contribution in [0.4, 0.5) is 5.69 Å². The first kappa shape index (κ1) is 17.4. The van der Waals surface area contributed by atoms with E-state index >= 15 is 0 Å². The van der Waals surface area contributed by atoms with Gasteiger partial charge < -0.3 is 15.2 Å². The lowest BCUT2D eigenvalue weighted by Gasteiger charge is -2.57. The van der Waals surface area contributed by atoms with Crippen LogP contribution in [0.1, 0.15) is 32.3 Å². The van der Waals surface area contributed by atoms with Gasteiger partial charge in [-0.05, 0) is 37.9 Å². The summed E-state index contributed by atoms with van der Waals surface area (Å²) in [7, 11) is 1.40. The van der Waals surface area contributed by atoms with E-state index in [4.69, 9.17) is 9.73 Å². The number of para-hydroxylation sites is 1. The molecule has 3 aliphatic rings. The van der Waals surface area contributed by atoms with Crippen molar-refractivity contribution in [3.8, 4) is 0 Å². The molecule has 1 saturated carbocycles. The molecule has 4 atom stereocenters. The van der Waals surface area contributed by atoms with E-state index in [1.165, 1.54) is 12.7 Å². The molecule has 1 saturated heterocycles. The Morgan fingerprint density at radius 3 is 2.88 bits per heavy atom. The van der Waals surface area contributed by atoms with Gasteiger partial charge in [0.2, 0.25) is 0 Å². The van der Waals surface area contributed by atoms with E-state index in [0.29, 0.717) is 0 Å². The summed E-state index contributed by atoms with van der Waals surface area (Å²) in [5.74, 6) is -0.474. The topological polar surface area (TPSA) is 70.9 Å². The van der Waals surface area contributed by atoms with Crippen LogP contribution in [0.2, 0.25) is 0 Å². The number of hydrogen-bond donors (Lipinski definition) is 2. The van der Waals surface area contributed by atoms with Gasteiger partial charge in [-0.2, -0.15) is 0 Å². The second-order valence-corrected chi connectivity index (χ2v) is 7.44. The first-order valence-corrected chi connectivity index (χ1v) is 9.39. The lowest BCUT2D eigenvalue weighted by molar-refractivity contribution is -0.154. The fourth-order valence-electron chi connectivity index (χ4n) is 5.70. The fourth-order valence-corrected chi connectivity index (χ4v) is 5.70. The van der Waals surface area contributed by atoms with Gasteiger partial charge in [-0.1, -0.05) is 36.8 Å². The second-order valence-electron chi connectivity index (χ2n) is 7.44. The molecule has 0 amide bonds. The molecule has 2 bridgehead atoms. The number of nitrogens with zero attached hydrogens (tertiary/aromatic N) is 1. The minimum Gasteiger partial charge on any atom is -0.468 e. The molecule has 0 radical (unpaired) electrons. The van der Waals surface area contributed by atoms with Crippen LogP contribution < -0.4 is 5.32 Å². The molecule has 2 aliphatic heterocycles. The van der Waals surface area contributed by atoms with E-state index in [2.05, 4.69) is 24.4 Å². The Hall–Kier alpha value is -1.98. The van der Waals surface area contributed by atoms with Gasteiger partial charge >= 0.3 is 5.97 Å². The van der Waals surface area contributed by atoms with Gasteiger partial charge in [0, 0.05) is 12.0 Å². The van der Waals surface area contributed by atoms with Crippen molar-refractivity contribution in [1.82, 2.24) is 5.32 Å². The van der Waals surface area contributed by atoms with Crippen LogP contribution in [0.3, 0.4) is 0 Å². The number of carbonyl (C=O) groups is 1. The summed E-state index contributed by atoms with van der Waals surface area (Å²) in [4.78, 5) is 18.1. The van der Waals surface area contributed by atoms with Gasteiger partial charge in [-0.25, -0.2) is 0 Å². The van der Waals surface area contributed by atoms with Gasteiger partial charge in [0.15, 0.2) is 0 Å². The molecule has 2 N–H and O–H groups in total. The zero-order valence-corrected chi connectivity index (χ0v) is 15.6. The maximum absolute atomic E-state index is 13.1. The Labute approximate surface area is 154 Å². The van der Waals surface area contributed by atoms with Crippen molar-refractivity contribution in [2.24, 2.45) is 16.3 Å². The summed E-state index contributed by atoms with van der Waals surface area (Å²) in [6.45, 7) is 4.68. The molecule has 5 heteroatoms. The SMILES string of the molecule is C/C=C1/[C@H]2CCN[C@@H]1[C@@]1(CC)C(=Nc3ccccc31)[C@@]2(CO)C(=O)OC. The monoisotopic (exact) mass is 354 g/mol. The van der Waals surface area contributed by atoms with Crippen LogP contribution in [0.25, 0.3) is 0 Å². The average Bonchev–Trinajstić information content (AvgIpc) is 3.03. The third-order valence-electron chi connectivity index (χ3n) is 6.76. The largest absolute Gasteiger partial charge is 0.468 e. The molecular weight excluding hydrogens is 328 g/mol. The van der Waals surface area contributed by atoms with Crippen molar-refractivity contribution in [3.05, 3.63) is 41.5 Å². The number of hydrogen-bond acceptors (Lipinski definition) is 5. The summed E-state index contributed by atoms with van der Waals surface area (Å²) < 4.78 is 5.24. The van der Waals surface area contributed by atoms with Crippen molar-refractivity contribution >= 4 is 17.4 Å². The molecule has 2 fully saturated rings. The number of benzene rings is 1. The normalized spacial score (nSPS) is 36.3.